The summed E-state index contributed by atoms with van der Waals surface area (Å²) < 4.78 is 0. The molecule has 0 aromatic carbocycles. The Morgan fingerprint density at radius 2 is 2.25 bits per heavy atom. The van der Waals surface area contributed by atoms with Gasteiger partial charge in [0.1, 0.15) is 0 Å². The number of carbonyl (C=O) groups is 1. The maximum Gasteiger partial charge on any atom is 0.226 e. The molecule has 2 atom stereocenters. The monoisotopic (exact) mass is 278 g/mol. The second-order valence-electron chi connectivity index (χ2n) is 7.01. The summed E-state index contributed by atoms with van der Waals surface area (Å²) in [6.45, 7) is 11.6. The van der Waals surface area contributed by atoms with E-state index in [4.69, 9.17) is 0 Å². The average molecular weight is 278 g/mol. The summed E-state index contributed by atoms with van der Waals surface area (Å²) in [5.74, 6) is 1.05. The third-order valence-electron chi connectivity index (χ3n) is 4.98. The SMILES string of the molecule is C=CCC1(C(=O)N[C@H](C)CN2CCC[C@@H](C)C2)CCC1. The minimum atomic E-state index is -0.134. The van der Waals surface area contributed by atoms with Gasteiger partial charge in [0, 0.05) is 19.1 Å². The molecule has 0 aromatic heterocycles. The van der Waals surface area contributed by atoms with Crippen molar-refractivity contribution in [2.45, 2.75) is 58.4 Å². The molecule has 1 N–H and O–H groups in total. The quantitative estimate of drug-likeness (QED) is 0.758. The van der Waals surface area contributed by atoms with Gasteiger partial charge in [-0.25, -0.2) is 0 Å². The maximum absolute atomic E-state index is 12.5. The van der Waals surface area contributed by atoms with Gasteiger partial charge >= 0.3 is 0 Å². The van der Waals surface area contributed by atoms with Crippen molar-refractivity contribution >= 4 is 5.91 Å². The average Bonchev–Trinajstić information content (AvgIpc) is 2.33. The third-order valence-corrected chi connectivity index (χ3v) is 4.98. The highest BCUT2D eigenvalue weighted by atomic mass is 16.2. The van der Waals surface area contributed by atoms with Gasteiger partial charge in [0.15, 0.2) is 0 Å². The Kier molecular flexibility index (Phi) is 5.25. The Morgan fingerprint density at radius 3 is 2.80 bits per heavy atom. The van der Waals surface area contributed by atoms with E-state index >= 15 is 0 Å². The molecule has 0 bridgehead atoms. The summed E-state index contributed by atoms with van der Waals surface area (Å²) in [4.78, 5) is 15.0. The molecule has 1 saturated heterocycles. The molecule has 20 heavy (non-hydrogen) atoms. The molecular weight excluding hydrogens is 248 g/mol. The number of allylic oxidation sites excluding steroid dienone is 1. The number of hydrogen-bond acceptors (Lipinski definition) is 2. The number of hydrogen-bond donors (Lipinski definition) is 1. The third kappa shape index (κ3) is 3.63. The Bertz CT molecular complexity index is 349. The van der Waals surface area contributed by atoms with Crippen LogP contribution in [0.25, 0.3) is 0 Å². The van der Waals surface area contributed by atoms with E-state index in [0.29, 0.717) is 0 Å². The largest absolute Gasteiger partial charge is 0.352 e. The van der Waals surface area contributed by atoms with Gasteiger partial charge in [-0.1, -0.05) is 19.4 Å². The minimum absolute atomic E-state index is 0.134. The van der Waals surface area contributed by atoms with E-state index in [1.54, 1.807) is 0 Å². The Morgan fingerprint density at radius 1 is 1.50 bits per heavy atom. The van der Waals surface area contributed by atoms with Crippen LogP contribution in [0.3, 0.4) is 0 Å². The predicted octanol–water partition coefficient (Wildman–Crippen LogP) is 2.97. The molecule has 0 spiro atoms. The highest BCUT2D eigenvalue weighted by Crippen LogP contribution is 2.44. The number of nitrogens with one attached hydrogen (secondary N) is 1. The molecule has 0 aromatic rings. The number of rotatable bonds is 6. The molecule has 2 rings (SSSR count). The van der Waals surface area contributed by atoms with Crippen LogP contribution >= 0.6 is 0 Å². The van der Waals surface area contributed by atoms with Crippen LogP contribution in [0.2, 0.25) is 0 Å². The van der Waals surface area contributed by atoms with Gasteiger partial charge in [0.05, 0.1) is 5.41 Å². The summed E-state index contributed by atoms with van der Waals surface area (Å²) >= 11 is 0. The number of carbonyl (C=O) groups excluding carboxylic acids is 1. The molecule has 1 aliphatic carbocycles. The molecule has 3 heteroatoms. The molecule has 114 valence electrons. The van der Waals surface area contributed by atoms with Crippen LogP contribution in [0.5, 0.6) is 0 Å². The molecular formula is C17H30N2O. The normalized spacial score (nSPS) is 27.4. The first-order valence-electron chi connectivity index (χ1n) is 8.20. The molecule has 1 saturated carbocycles. The summed E-state index contributed by atoms with van der Waals surface area (Å²) in [7, 11) is 0. The Balaban J connectivity index is 1.80. The van der Waals surface area contributed by atoms with E-state index in [-0.39, 0.29) is 17.4 Å². The lowest BCUT2D eigenvalue weighted by Crippen LogP contribution is -2.51. The summed E-state index contributed by atoms with van der Waals surface area (Å²) in [6.07, 6.45) is 8.60. The zero-order valence-electron chi connectivity index (χ0n) is 13.2. The Hall–Kier alpha value is -0.830. The van der Waals surface area contributed by atoms with E-state index in [1.807, 2.05) is 6.08 Å². The molecule has 2 fully saturated rings. The van der Waals surface area contributed by atoms with Crippen molar-refractivity contribution in [1.82, 2.24) is 10.2 Å². The minimum Gasteiger partial charge on any atom is -0.352 e. The van der Waals surface area contributed by atoms with Crippen LogP contribution in [0.4, 0.5) is 0 Å². The Labute approximate surface area is 123 Å². The molecule has 0 radical (unpaired) electrons. The van der Waals surface area contributed by atoms with Crippen molar-refractivity contribution in [3.8, 4) is 0 Å². The fourth-order valence-corrected chi connectivity index (χ4v) is 3.67. The molecule has 2 aliphatic rings. The van der Waals surface area contributed by atoms with Crippen molar-refractivity contribution in [2.24, 2.45) is 11.3 Å². The lowest BCUT2D eigenvalue weighted by Gasteiger charge is -2.41. The highest BCUT2D eigenvalue weighted by Gasteiger charge is 2.43. The number of likely N-dealkylation sites (tertiary alicyclic amines) is 1. The predicted molar refractivity (Wildman–Crippen MR) is 83.5 cm³/mol. The van der Waals surface area contributed by atoms with Gasteiger partial charge in [-0.2, -0.15) is 0 Å². The molecule has 1 aliphatic heterocycles. The van der Waals surface area contributed by atoms with Crippen LogP contribution in [0.15, 0.2) is 12.7 Å². The van der Waals surface area contributed by atoms with Crippen LogP contribution in [-0.2, 0) is 4.79 Å². The van der Waals surface area contributed by atoms with Gasteiger partial charge < -0.3 is 10.2 Å². The van der Waals surface area contributed by atoms with Gasteiger partial charge in [-0.05, 0) is 51.5 Å². The zero-order chi connectivity index (χ0) is 14.6. The lowest BCUT2D eigenvalue weighted by atomic mass is 9.66. The first-order chi connectivity index (χ1) is 9.55. The van der Waals surface area contributed by atoms with Gasteiger partial charge in [0.2, 0.25) is 5.91 Å². The number of nitrogens with zero attached hydrogens (tertiary/aromatic N) is 1. The van der Waals surface area contributed by atoms with Crippen molar-refractivity contribution in [3.63, 3.8) is 0 Å². The van der Waals surface area contributed by atoms with Crippen LogP contribution in [-0.4, -0.2) is 36.5 Å². The van der Waals surface area contributed by atoms with E-state index < -0.39 is 0 Å². The van der Waals surface area contributed by atoms with Crippen LogP contribution < -0.4 is 5.32 Å². The second kappa shape index (κ2) is 6.75. The number of amides is 1. The lowest BCUT2D eigenvalue weighted by molar-refractivity contribution is -0.136. The highest BCUT2D eigenvalue weighted by molar-refractivity contribution is 5.84. The molecule has 1 amide bonds. The fourth-order valence-electron chi connectivity index (χ4n) is 3.67. The van der Waals surface area contributed by atoms with Crippen molar-refractivity contribution in [3.05, 3.63) is 12.7 Å². The maximum atomic E-state index is 12.5. The molecule has 3 nitrogen and oxygen atoms in total. The van der Waals surface area contributed by atoms with E-state index in [1.165, 1.54) is 32.4 Å². The summed E-state index contributed by atoms with van der Waals surface area (Å²) in [6, 6.07) is 0.245. The molecule has 1 heterocycles. The smallest absolute Gasteiger partial charge is 0.226 e. The van der Waals surface area contributed by atoms with E-state index in [9.17, 15) is 4.79 Å². The van der Waals surface area contributed by atoms with Crippen LogP contribution in [0, 0.1) is 11.3 Å². The van der Waals surface area contributed by atoms with Gasteiger partial charge in [-0.3, -0.25) is 4.79 Å². The van der Waals surface area contributed by atoms with E-state index in [2.05, 4.69) is 30.6 Å². The zero-order valence-corrected chi connectivity index (χ0v) is 13.2. The first kappa shape index (κ1) is 15.6. The number of piperidine rings is 1. The van der Waals surface area contributed by atoms with Crippen molar-refractivity contribution < 1.29 is 4.79 Å². The topological polar surface area (TPSA) is 32.3 Å². The van der Waals surface area contributed by atoms with Crippen LogP contribution in [0.1, 0.15) is 52.4 Å². The second-order valence-corrected chi connectivity index (χ2v) is 7.01. The van der Waals surface area contributed by atoms with E-state index in [0.717, 1.165) is 31.7 Å². The first-order valence-corrected chi connectivity index (χ1v) is 8.20. The fraction of sp³-hybridized carbons (Fsp3) is 0.824. The van der Waals surface area contributed by atoms with Crippen molar-refractivity contribution in [2.75, 3.05) is 19.6 Å². The van der Waals surface area contributed by atoms with Gasteiger partial charge in [-0.15, -0.1) is 6.58 Å². The van der Waals surface area contributed by atoms with Gasteiger partial charge in [0.25, 0.3) is 0 Å². The summed E-state index contributed by atoms with van der Waals surface area (Å²) in [5, 5.41) is 3.24. The van der Waals surface area contributed by atoms with Crippen molar-refractivity contribution in [1.29, 1.82) is 0 Å². The molecule has 0 unspecified atom stereocenters. The standard InChI is InChI=1S/C17H30N2O/c1-4-8-17(9-6-10-17)16(20)18-15(3)13-19-11-5-7-14(2)12-19/h4,14-15H,1,5-13H2,2-3H3,(H,18,20)/t14-,15-/m1/s1. The summed E-state index contributed by atoms with van der Waals surface area (Å²) in [5.41, 5.74) is -0.134.